The maximum atomic E-state index is 12.2. The molecule has 0 aliphatic carbocycles. The molecule has 0 bridgehead atoms. The Bertz CT molecular complexity index is 464. The molecule has 0 radical (unpaired) electrons. The van der Waals surface area contributed by atoms with Gasteiger partial charge in [0.1, 0.15) is 18.5 Å². The number of carbonyl (C=O) groups is 1. The summed E-state index contributed by atoms with van der Waals surface area (Å²) in [7, 11) is -3.34. The smallest absolute Gasteiger partial charge is 0.338 e. The third kappa shape index (κ3) is 6.18. The zero-order valence-corrected chi connectivity index (χ0v) is 14.0. The fraction of sp³-hybridized carbons (Fsp3) is 0.462. The number of ether oxygens (including phenoxy) is 1. The summed E-state index contributed by atoms with van der Waals surface area (Å²) in [5, 5.41) is 0. The van der Waals surface area contributed by atoms with Crippen molar-refractivity contribution in [2.75, 3.05) is 26.0 Å². The van der Waals surface area contributed by atoms with Gasteiger partial charge in [0, 0.05) is 4.47 Å². The molecule has 0 fully saturated rings. The van der Waals surface area contributed by atoms with Crippen molar-refractivity contribution >= 4 is 29.3 Å². The van der Waals surface area contributed by atoms with Gasteiger partial charge in [-0.25, -0.2) is 0 Å². The van der Waals surface area contributed by atoms with E-state index in [4.69, 9.17) is 13.8 Å². The molecular formula is C13H18BrO5P. The second-order valence-corrected chi connectivity index (χ2v) is 6.86. The molecule has 0 atom stereocenters. The molecule has 0 aliphatic rings. The lowest BCUT2D eigenvalue weighted by molar-refractivity contribution is -0.118. The van der Waals surface area contributed by atoms with Crippen LogP contribution < -0.4 is 4.74 Å². The molecule has 0 amide bonds. The van der Waals surface area contributed by atoms with Crippen LogP contribution in [-0.4, -0.2) is 31.8 Å². The summed E-state index contributed by atoms with van der Waals surface area (Å²) in [6.07, 6.45) is -0.273. The molecule has 0 saturated heterocycles. The first-order valence-electron chi connectivity index (χ1n) is 6.27. The Morgan fingerprint density at radius 1 is 1.15 bits per heavy atom. The van der Waals surface area contributed by atoms with Gasteiger partial charge in [-0.05, 0) is 38.1 Å². The number of hydrogen-bond donors (Lipinski definition) is 0. The van der Waals surface area contributed by atoms with Crippen molar-refractivity contribution < 1.29 is 23.1 Å². The van der Waals surface area contributed by atoms with Crippen molar-refractivity contribution in [3.63, 3.8) is 0 Å². The van der Waals surface area contributed by atoms with Crippen LogP contribution in [0.4, 0.5) is 0 Å². The lowest BCUT2D eigenvalue weighted by atomic mass is 10.3. The molecule has 112 valence electrons. The van der Waals surface area contributed by atoms with Gasteiger partial charge >= 0.3 is 7.60 Å². The van der Waals surface area contributed by atoms with Crippen molar-refractivity contribution in [3.05, 3.63) is 28.7 Å². The molecule has 0 unspecified atom stereocenters. The monoisotopic (exact) mass is 364 g/mol. The second kappa shape index (κ2) is 8.57. The number of halogens is 1. The molecule has 0 saturated carbocycles. The molecule has 0 heterocycles. The number of Topliss-reactive ketones (excluding diaryl/α,β-unsaturated/α-hetero) is 1. The van der Waals surface area contributed by atoms with Gasteiger partial charge in [-0.3, -0.25) is 9.36 Å². The molecule has 7 heteroatoms. The zero-order chi connectivity index (χ0) is 15.0. The van der Waals surface area contributed by atoms with Gasteiger partial charge in [0.2, 0.25) is 0 Å². The predicted octanol–water partition coefficient (Wildman–Crippen LogP) is 3.66. The van der Waals surface area contributed by atoms with E-state index in [2.05, 4.69) is 15.9 Å². The zero-order valence-electron chi connectivity index (χ0n) is 11.5. The van der Waals surface area contributed by atoms with E-state index >= 15 is 0 Å². The summed E-state index contributed by atoms with van der Waals surface area (Å²) in [5.74, 6) is 0.252. The maximum absolute atomic E-state index is 12.2. The molecule has 20 heavy (non-hydrogen) atoms. The van der Waals surface area contributed by atoms with Gasteiger partial charge in [-0.15, -0.1) is 0 Å². The highest BCUT2D eigenvalue weighted by molar-refractivity contribution is 9.10. The molecule has 5 nitrogen and oxygen atoms in total. The molecule has 1 aromatic carbocycles. The molecule has 0 N–H and O–H groups in total. The Labute approximate surface area is 127 Å². The number of carbonyl (C=O) groups excluding carboxylic acids is 1. The van der Waals surface area contributed by atoms with Gasteiger partial charge in [0.05, 0.1) is 13.2 Å². The summed E-state index contributed by atoms with van der Waals surface area (Å²) < 4.78 is 28.5. The Kier molecular flexibility index (Phi) is 7.45. The third-order valence-corrected chi connectivity index (χ3v) is 4.81. The van der Waals surface area contributed by atoms with E-state index in [9.17, 15) is 9.36 Å². The van der Waals surface area contributed by atoms with Crippen LogP contribution >= 0.6 is 23.5 Å². The molecular weight excluding hydrogens is 347 g/mol. The number of ketones is 1. The van der Waals surface area contributed by atoms with Gasteiger partial charge in [-0.1, -0.05) is 15.9 Å². The van der Waals surface area contributed by atoms with Crippen LogP contribution in [0.15, 0.2) is 28.7 Å². The highest BCUT2D eigenvalue weighted by atomic mass is 79.9. The third-order valence-electron chi connectivity index (χ3n) is 2.24. The fourth-order valence-electron chi connectivity index (χ4n) is 1.48. The molecule has 0 aromatic heterocycles. The normalized spacial score (nSPS) is 11.3. The van der Waals surface area contributed by atoms with Gasteiger partial charge in [0.15, 0.2) is 5.78 Å². The van der Waals surface area contributed by atoms with Gasteiger partial charge in [-0.2, -0.15) is 0 Å². The Balaban J connectivity index is 2.49. The van der Waals surface area contributed by atoms with Crippen molar-refractivity contribution in [1.29, 1.82) is 0 Å². The van der Waals surface area contributed by atoms with Crippen molar-refractivity contribution in [1.82, 2.24) is 0 Å². The minimum absolute atomic E-state index is 0.161. The largest absolute Gasteiger partial charge is 0.486 e. The maximum Gasteiger partial charge on any atom is 0.338 e. The van der Waals surface area contributed by atoms with E-state index in [0.717, 1.165) is 4.47 Å². The number of benzene rings is 1. The lowest BCUT2D eigenvalue weighted by Gasteiger charge is -2.16. The van der Waals surface area contributed by atoms with Crippen molar-refractivity contribution in [2.45, 2.75) is 13.8 Å². The van der Waals surface area contributed by atoms with Crippen LogP contribution in [0.2, 0.25) is 0 Å². The highest BCUT2D eigenvalue weighted by Gasteiger charge is 2.27. The summed E-state index contributed by atoms with van der Waals surface area (Å²) in [4.78, 5) is 11.8. The predicted molar refractivity (Wildman–Crippen MR) is 80.4 cm³/mol. The van der Waals surface area contributed by atoms with Crippen molar-refractivity contribution in [2.24, 2.45) is 0 Å². The van der Waals surface area contributed by atoms with E-state index in [-0.39, 0.29) is 31.8 Å². The van der Waals surface area contributed by atoms with Crippen LogP contribution in [0, 0.1) is 0 Å². The molecule has 1 aromatic rings. The van der Waals surface area contributed by atoms with E-state index in [1.54, 1.807) is 26.0 Å². The van der Waals surface area contributed by atoms with Crippen LogP contribution in [-0.2, 0) is 18.4 Å². The fourth-order valence-corrected chi connectivity index (χ4v) is 3.31. The number of rotatable bonds is 9. The van der Waals surface area contributed by atoms with Crippen LogP contribution in [0.1, 0.15) is 13.8 Å². The van der Waals surface area contributed by atoms with Gasteiger partial charge < -0.3 is 13.8 Å². The minimum atomic E-state index is -3.34. The standard InChI is InChI=1S/C13H18BrO5P/c1-3-18-20(16,19-4-2)10-12(15)9-17-13-7-5-11(14)6-8-13/h5-8H,3-4,9-10H2,1-2H3. The first-order valence-corrected chi connectivity index (χ1v) is 8.79. The molecule has 0 spiro atoms. The van der Waals surface area contributed by atoms with E-state index < -0.39 is 7.60 Å². The van der Waals surface area contributed by atoms with Gasteiger partial charge in [0.25, 0.3) is 0 Å². The average molecular weight is 365 g/mol. The van der Waals surface area contributed by atoms with E-state index in [0.29, 0.717) is 5.75 Å². The lowest BCUT2D eigenvalue weighted by Crippen LogP contribution is -2.17. The molecule has 0 aliphatic heterocycles. The Hall–Kier alpha value is -0.680. The summed E-state index contributed by atoms with van der Waals surface area (Å²) >= 11 is 3.31. The quantitative estimate of drug-likeness (QED) is 0.625. The van der Waals surface area contributed by atoms with Crippen molar-refractivity contribution in [3.8, 4) is 5.75 Å². The first-order chi connectivity index (χ1) is 9.49. The number of hydrogen-bond acceptors (Lipinski definition) is 5. The minimum Gasteiger partial charge on any atom is -0.486 e. The van der Waals surface area contributed by atoms with Crippen LogP contribution in [0.25, 0.3) is 0 Å². The Morgan fingerprint density at radius 3 is 2.20 bits per heavy atom. The van der Waals surface area contributed by atoms with E-state index in [1.165, 1.54) is 0 Å². The van der Waals surface area contributed by atoms with Crippen LogP contribution in [0.5, 0.6) is 5.75 Å². The summed E-state index contributed by atoms with van der Waals surface area (Å²) in [6.45, 7) is 3.71. The average Bonchev–Trinajstić information content (AvgIpc) is 2.38. The first kappa shape index (κ1) is 17.4. The highest BCUT2D eigenvalue weighted by Crippen LogP contribution is 2.47. The second-order valence-electron chi connectivity index (χ2n) is 3.89. The van der Waals surface area contributed by atoms with Crippen LogP contribution in [0.3, 0.4) is 0 Å². The molecule has 1 rings (SSSR count). The SMILES string of the molecule is CCOP(=O)(CC(=O)COc1ccc(Br)cc1)OCC. The topological polar surface area (TPSA) is 61.8 Å². The summed E-state index contributed by atoms with van der Waals surface area (Å²) in [5.41, 5.74) is 0. The Morgan fingerprint density at radius 2 is 1.70 bits per heavy atom. The van der Waals surface area contributed by atoms with E-state index in [1.807, 2.05) is 12.1 Å². The summed E-state index contributed by atoms with van der Waals surface area (Å²) in [6, 6.07) is 7.10.